The molecule has 276 valence electrons. The molecule has 0 saturated heterocycles. The largest absolute Gasteiger partial charge is 0.507 e. The van der Waals surface area contributed by atoms with Gasteiger partial charge >= 0.3 is 17.1 Å². The number of nitrogens with zero attached hydrogens (tertiary/aromatic N) is 3. The van der Waals surface area contributed by atoms with Crippen molar-refractivity contribution in [2.75, 3.05) is 0 Å². The van der Waals surface area contributed by atoms with Crippen LogP contribution in [-0.4, -0.2) is 23.9 Å². The van der Waals surface area contributed by atoms with Crippen molar-refractivity contribution in [1.29, 1.82) is 0 Å². The third-order valence-corrected chi connectivity index (χ3v) is 9.90. The minimum absolute atomic E-state index is 0.0138. The molecular weight excluding hydrogens is 638 g/mol. The van der Waals surface area contributed by atoms with Gasteiger partial charge in [-0.2, -0.15) is 0 Å². The number of rotatable bonds is 6. The Labute approximate surface area is 303 Å². The van der Waals surface area contributed by atoms with Gasteiger partial charge in [0.05, 0.1) is 19.6 Å². The molecule has 0 atom stereocenters. The van der Waals surface area contributed by atoms with E-state index in [1.807, 2.05) is 93.5 Å². The lowest BCUT2D eigenvalue weighted by Crippen LogP contribution is -2.54. The SMILES string of the molecule is Cc1cc(Cn2c(=O)n(Cc3cc(C)c(O)c(C(C)(C)C)c3)c(=O)n(Cc3cc(C(C)(C)C)c(O)c(C(C)(C)C)c3)c2=O)cc(C(C)(C)C)c1C. The zero-order valence-corrected chi connectivity index (χ0v) is 33.5. The maximum Gasteiger partial charge on any atom is 0.336 e. The van der Waals surface area contributed by atoms with Crippen LogP contribution in [0.25, 0.3) is 0 Å². The Kier molecular flexibility index (Phi) is 10.3. The molecule has 51 heavy (non-hydrogen) atoms. The number of aromatic nitrogens is 3. The van der Waals surface area contributed by atoms with Gasteiger partial charge in [0.2, 0.25) is 0 Å². The van der Waals surface area contributed by atoms with E-state index in [1.54, 1.807) is 13.0 Å². The van der Waals surface area contributed by atoms with Crippen molar-refractivity contribution in [3.63, 3.8) is 0 Å². The molecular formula is C43H59N3O5. The number of hydrogen-bond donors (Lipinski definition) is 2. The lowest BCUT2D eigenvalue weighted by atomic mass is 9.78. The summed E-state index contributed by atoms with van der Waals surface area (Å²) in [7, 11) is 0. The van der Waals surface area contributed by atoms with Gasteiger partial charge in [-0.15, -0.1) is 0 Å². The summed E-state index contributed by atoms with van der Waals surface area (Å²) in [5, 5.41) is 22.2. The summed E-state index contributed by atoms with van der Waals surface area (Å²) in [6.07, 6.45) is 0. The first-order valence-corrected chi connectivity index (χ1v) is 17.9. The van der Waals surface area contributed by atoms with Crippen LogP contribution in [0.2, 0.25) is 0 Å². The molecule has 0 aliphatic heterocycles. The second kappa shape index (κ2) is 13.3. The average Bonchev–Trinajstić information content (AvgIpc) is 2.97. The monoisotopic (exact) mass is 697 g/mol. The highest BCUT2D eigenvalue weighted by molar-refractivity contribution is 5.50. The van der Waals surface area contributed by atoms with E-state index < -0.39 is 33.3 Å². The standard InChI is InChI=1S/C43H59N3O5/c1-25-16-28(18-31(27(25)3)40(4,5)6)22-44-37(49)45(23-29-17-26(2)35(47)32(19-29)41(7,8)9)39(51)46(38(44)50)24-30-20-33(42(10,11)12)36(48)34(21-30)43(13,14)15/h16-21,47-48H,22-24H2,1-15H3. The van der Waals surface area contributed by atoms with Gasteiger partial charge in [-0.25, -0.2) is 28.1 Å². The summed E-state index contributed by atoms with van der Waals surface area (Å²) in [5.74, 6) is 0.386. The summed E-state index contributed by atoms with van der Waals surface area (Å²) < 4.78 is 3.42. The van der Waals surface area contributed by atoms with E-state index in [2.05, 4.69) is 33.8 Å². The third-order valence-electron chi connectivity index (χ3n) is 9.90. The molecule has 1 aromatic heterocycles. The minimum Gasteiger partial charge on any atom is -0.507 e. The molecule has 0 amide bonds. The first-order valence-electron chi connectivity index (χ1n) is 17.9. The molecule has 0 aliphatic rings. The van der Waals surface area contributed by atoms with E-state index >= 15 is 0 Å². The molecule has 0 bridgehead atoms. The lowest BCUT2D eigenvalue weighted by molar-refractivity contribution is 0.422. The smallest absolute Gasteiger partial charge is 0.336 e. The van der Waals surface area contributed by atoms with Gasteiger partial charge in [0.1, 0.15) is 11.5 Å². The minimum atomic E-state index is -0.720. The highest BCUT2D eigenvalue weighted by atomic mass is 16.3. The molecule has 8 heteroatoms. The summed E-state index contributed by atoms with van der Waals surface area (Å²) in [6, 6.07) is 11.4. The highest BCUT2D eigenvalue weighted by Crippen LogP contribution is 2.40. The van der Waals surface area contributed by atoms with Crippen molar-refractivity contribution in [2.24, 2.45) is 0 Å². The fraction of sp³-hybridized carbons (Fsp3) is 0.512. The molecule has 0 unspecified atom stereocenters. The molecule has 0 radical (unpaired) electrons. The van der Waals surface area contributed by atoms with Gasteiger partial charge in [-0.1, -0.05) is 101 Å². The first-order chi connectivity index (χ1) is 23.1. The van der Waals surface area contributed by atoms with Crippen molar-refractivity contribution in [1.82, 2.24) is 13.7 Å². The van der Waals surface area contributed by atoms with Crippen LogP contribution in [0.4, 0.5) is 0 Å². The van der Waals surface area contributed by atoms with Gasteiger partial charge in [-0.3, -0.25) is 0 Å². The summed E-state index contributed by atoms with van der Waals surface area (Å²) in [4.78, 5) is 43.1. The van der Waals surface area contributed by atoms with Gasteiger partial charge < -0.3 is 10.2 Å². The topological polar surface area (TPSA) is 106 Å². The zero-order valence-electron chi connectivity index (χ0n) is 33.5. The van der Waals surface area contributed by atoms with Crippen LogP contribution < -0.4 is 17.1 Å². The van der Waals surface area contributed by atoms with Crippen molar-refractivity contribution >= 4 is 0 Å². The van der Waals surface area contributed by atoms with E-state index in [1.165, 1.54) is 0 Å². The molecule has 0 aliphatic carbocycles. The molecule has 0 spiro atoms. The van der Waals surface area contributed by atoms with Crippen LogP contribution in [-0.2, 0) is 41.3 Å². The van der Waals surface area contributed by atoms with Crippen molar-refractivity contribution in [3.8, 4) is 11.5 Å². The Hall–Kier alpha value is -4.33. The second-order valence-corrected chi connectivity index (χ2v) is 18.5. The maximum atomic E-state index is 14.4. The number of benzene rings is 3. The maximum absolute atomic E-state index is 14.4. The van der Waals surface area contributed by atoms with Crippen LogP contribution in [0, 0.1) is 20.8 Å². The first kappa shape index (κ1) is 39.5. The van der Waals surface area contributed by atoms with Crippen LogP contribution in [0.15, 0.2) is 50.8 Å². The molecule has 4 aromatic rings. The van der Waals surface area contributed by atoms with Crippen molar-refractivity contribution in [2.45, 2.75) is 145 Å². The fourth-order valence-electron chi connectivity index (χ4n) is 6.89. The average molecular weight is 698 g/mol. The van der Waals surface area contributed by atoms with Crippen LogP contribution in [0.3, 0.4) is 0 Å². The Balaban J connectivity index is 2.03. The van der Waals surface area contributed by atoms with E-state index in [-0.39, 0.29) is 36.5 Å². The van der Waals surface area contributed by atoms with Crippen LogP contribution in [0.5, 0.6) is 11.5 Å². The number of hydrogen-bond acceptors (Lipinski definition) is 5. The van der Waals surface area contributed by atoms with Crippen LogP contribution >= 0.6 is 0 Å². The number of phenolic OH excluding ortho intramolecular Hbond substituents is 2. The molecule has 1 heterocycles. The predicted molar refractivity (Wildman–Crippen MR) is 208 cm³/mol. The summed E-state index contributed by atoms with van der Waals surface area (Å²) in [5.41, 5.74) is 4.75. The molecule has 2 N–H and O–H groups in total. The molecule has 3 aromatic carbocycles. The van der Waals surface area contributed by atoms with E-state index in [0.29, 0.717) is 33.4 Å². The van der Waals surface area contributed by atoms with Gasteiger partial charge in [-0.05, 0) is 116 Å². The molecule has 0 saturated carbocycles. The second-order valence-electron chi connectivity index (χ2n) is 18.5. The van der Waals surface area contributed by atoms with Crippen molar-refractivity contribution < 1.29 is 10.2 Å². The van der Waals surface area contributed by atoms with Crippen LogP contribution in [0.1, 0.15) is 139 Å². The van der Waals surface area contributed by atoms with E-state index in [4.69, 9.17) is 0 Å². The quantitative estimate of drug-likeness (QED) is 0.214. The Morgan fingerprint density at radius 3 is 1.04 bits per heavy atom. The van der Waals surface area contributed by atoms with E-state index in [9.17, 15) is 24.6 Å². The highest BCUT2D eigenvalue weighted by Gasteiger charge is 2.28. The third kappa shape index (κ3) is 8.10. The normalized spacial score (nSPS) is 12.8. The van der Waals surface area contributed by atoms with Gasteiger partial charge in [0.15, 0.2) is 0 Å². The molecule has 0 fully saturated rings. The predicted octanol–water partition coefficient (Wildman–Crippen LogP) is 7.84. The van der Waals surface area contributed by atoms with E-state index in [0.717, 1.165) is 36.0 Å². The molecule has 8 nitrogen and oxygen atoms in total. The van der Waals surface area contributed by atoms with Gasteiger partial charge in [0, 0.05) is 0 Å². The number of aromatic hydroxyl groups is 2. The Morgan fingerprint density at radius 1 is 0.431 bits per heavy atom. The summed E-state index contributed by atoms with van der Waals surface area (Å²) in [6.45, 7) is 30.2. The zero-order chi connectivity index (χ0) is 38.8. The molecule has 4 rings (SSSR count). The number of aryl methyl sites for hydroxylation is 2. The lowest BCUT2D eigenvalue weighted by Gasteiger charge is -2.28. The number of phenols is 2. The Morgan fingerprint density at radius 2 is 0.706 bits per heavy atom. The summed E-state index contributed by atoms with van der Waals surface area (Å²) >= 11 is 0. The Bertz CT molecular complexity index is 2020. The van der Waals surface area contributed by atoms with Gasteiger partial charge in [0.25, 0.3) is 0 Å². The fourth-order valence-corrected chi connectivity index (χ4v) is 6.89. The van der Waals surface area contributed by atoms with Crippen molar-refractivity contribution in [3.05, 3.63) is 123 Å².